The highest BCUT2D eigenvalue weighted by Gasteiger charge is 2.26. The second kappa shape index (κ2) is 6.05. The third-order valence-electron chi connectivity index (χ3n) is 3.94. The molecule has 1 aromatic carbocycles. The molecule has 2 rings (SSSR count). The average molecular weight is 289 g/mol. The molecule has 0 aromatic heterocycles. The molecule has 1 heterocycles. The fourth-order valence-corrected chi connectivity index (χ4v) is 4.04. The highest BCUT2D eigenvalue weighted by Crippen LogP contribution is 2.36. The summed E-state index contributed by atoms with van der Waals surface area (Å²) in [5.74, 6) is 1.89. The molecular weight excluding hydrogens is 261 g/mol. The van der Waals surface area contributed by atoms with E-state index in [9.17, 15) is 0 Å². The first-order valence-electron chi connectivity index (χ1n) is 7.76. The van der Waals surface area contributed by atoms with Crippen molar-refractivity contribution in [3.05, 3.63) is 23.8 Å². The Morgan fingerprint density at radius 3 is 2.60 bits per heavy atom. The Labute approximate surface area is 129 Å². The van der Waals surface area contributed by atoms with Gasteiger partial charge >= 0.3 is 0 Å². The zero-order valence-corrected chi connectivity index (χ0v) is 14.7. The summed E-state index contributed by atoms with van der Waals surface area (Å²) in [7, 11) is 2.16. The third kappa shape index (κ3) is 3.97. The number of fused-ring (bicyclic) bond motifs is 1. The Morgan fingerprint density at radius 2 is 2.00 bits per heavy atom. The Kier molecular flexibility index (Phi) is 4.78. The van der Waals surface area contributed by atoms with Gasteiger partial charge in [-0.15, -0.1) is 0 Å². The van der Waals surface area contributed by atoms with E-state index in [-0.39, 0.29) is 0 Å². The van der Waals surface area contributed by atoms with Crippen molar-refractivity contribution in [2.24, 2.45) is 11.3 Å². The van der Waals surface area contributed by atoms with Crippen LogP contribution in [0.3, 0.4) is 0 Å². The molecule has 0 unspecified atom stereocenters. The lowest BCUT2D eigenvalue weighted by Gasteiger charge is -2.26. The molecule has 0 bridgehead atoms. The van der Waals surface area contributed by atoms with Crippen LogP contribution in [0.5, 0.6) is 0 Å². The summed E-state index contributed by atoms with van der Waals surface area (Å²) in [5, 5.41) is 0. The number of hydrogen-bond donors (Lipinski definition) is 0. The van der Waals surface area contributed by atoms with Gasteiger partial charge in [0.2, 0.25) is 0 Å². The van der Waals surface area contributed by atoms with Crippen molar-refractivity contribution in [2.45, 2.75) is 53.0 Å². The van der Waals surface area contributed by atoms with Crippen molar-refractivity contribution >= 4 is 29.8 Å². The fraction of sp³-hybridized carbons (Fsp3) is 0.647. The summed E-state index contributed by atoms with van der Waals surface area (Å²) < 4.78 is 2.29. The van der Waals surface area contributed by atoms with Crippen LogP contribution in [0.2, 0.25) is 12.6 Å². The second-order valence-corrected chi connectivity index (χ2v) is 8.84. The van der Waals surface area contributed by atoms with Gasteiger partial charge in [-0.3, -0.25) is 0 Å². The van der Waals surface area contributed by atoms with Gasteiger partial charge in [0.05, 0.1) is 5.69 Å². The molecule has 0 atom stereocenters. The Morgan fingerprint density at radius 1 is 1.30 bits per heavy atom. The van der Waals surface area contributed by atoms with Crippen LogP contribution in [0.4, 0.5) is 5.69 Å². The van der Waals surface area contributed by atoms with E-state index in [0.29, 0.717) is 12.1 Å². The molecule has 3 heteroatoms. The molecule has 0 amide bonds. The van der Waals surface area contributed by atoms with Crippen LogP contribution in [0.15, 0.2) is 18.2 Å². The van der Waals surface area contributed by atoms with Crippen molar-refractivity contribution in [1.29, 1.82) is 0 Å². The molecule has 0 aliphatic carbocycles. The van der Waals surface area contributed by atoms with Crippen molar-refractivity contribution < 1.29 is 0 Å². The predicted octanol–water partition coefficient (Wildman–Crippen LogP) is 4.69. The van der Waals surface area contributed by atoms with Crippen LogP contribution < -0.4 is 9.77 Å². The van der Waals surface area contributed by atoms with E-state index in [2.05, 4.69) is 64.2 Å². The molecule has 1 nitrogen and oxygen atoms in total. The molecule has 0 radical (unpaired) electrons. The quantitative estimate of drug-likeness (QED) is 0.584. The van der Waals surface area contributed by atoms with E-state index >= 15 is 0 Å². The standard InChI is InChI=1S/C17H28BNS/c1-13(2)10-18(12-17(3,4)5)15-7-8-16-14(9-15)11-20-19(16)6/h7-9,13H,10-12H2,1-6H3. The Hall–Kier alpha value is -0.565. The summed E-state index contributed by atoms with van der Waals surface area (Å²) in [6.07, 6.45) is 2.56. The molecule has 1 aliphatic rings. The maximum atomic E-state index is 2.46. The summed E-state index contributed by atoms with van der Waals surface area (Å²) in [5.41, 5.74) is 4.85. The SMILES string of the molecule is CC(C)CB(CC(C)(C)C)c1ccc2c(c1)CSN2C. The normalized spacial score (nSPS) is 14.8. The number of rotatable bonds is 4. The molecule has 20 heavy (non-hydrogen) atoms. The number of anilines is 1. The molecule has 0 spiro atoms. The lowest BCUT2D eigenvalue weighted by Crippen LogP contribution is -2.35. The molecule has 0 N–H and O–H groups in total. The van der Waals surface area contributed by atoms with Crippen molar-refractivity contribution in [3.8, 4) is 0 Å². The van der Waals surface area contributed by atoms with Gasteiger partial charge in [0.25, 0.3) is 0 Å². The lowest BCUT2D eigenvalue weighted by molar-refractivity contribution is 0.463. The van der Waals surface area contributed by atoms with Crippen LogP contribution in [0, 0.1) is 11.3 Å². The van der Waals surface area contributed by atoms with Crippen molar-refractivity contribution in [3.63, 3.8) is 0 Å². The van der Waals surface area contributed by atoms with Gasteiger partial charge < -0.3 is 4.31 Å². The average Bonchev–Trinajstić information content (AvgIpc) is 2.67. The first kappa shape index (κ1) is 15.8. The smallest absolute Gasteiger partial charge is 0.176 e. The molecule has 110 valence electrons. The van der Waals surface area contributed by atoms with Crippen LogP contribution >= 0.6 is 11.9 Å². The molecule has 1 aliphatic heterocycles. The van der Waals surface area contributed by atoms with Crippen LogP contribution in [0.25, 0.3) is 0 Å². The minimum atomic E-state index is 0.393. The highest BCUT2D eigenvalue weighted by atomic mass is 32.2. The highest BCUT2D eigenvalue weighted by molar-refractivity contribution is 8.00. The van der Waals surface area contributed by atoms with Gasteiger partial charge in [0, 0.05) is 12.8 Å². The summed E-state index contributed by atoms with van der Waals surface area (Å²) in [6, 6.07) is 7.14. The molecule has 1 aromatic rings. The fourth-order valence-electron chi connectivity index (χ4n) is 3.16. The zero-order valence-electron chi connectivity index (χ0n) is 13.9. The number of nitrogens with zero attached hydrogens (tertiary/aromatic N) is 1. The van der Waals surface area contributed by atoms with Gasteiger partial charge in [-0.1, -0.05) is 70.8 Å². The summed E-state index contributed by atoms with van der Waals surface area (Å²) >= 11 is 1.91. The first-order chi connectivity index (χ1) is 9.26. The van der Waals surface area contributed by atoms with E-state index in [4.69, 9.17) is 0 Å². The Bertz CT molecular complexity index is 465. The van der Waals surface area contributed by atoms with E-state index in [0.717, 1.165) is 11.7 Å². The third-order valence-corrected chi connectivity index (χ3v) is 4.97. The largest absolute Gasteiger partial charge is 0.319 e. The van der Waals surface area contributed by atoms with Gasteiger partial charge in [-0.2, -0.15) is 0 Å². The van der Waals surface area contributed by atoms with Gasteiger partial charge in [-0.05, 0) is 29.0 Å². The van der Waals surface area contributed by atoms with Gasteiger partial charge in [-0.25, -0.2) is 0 Å². The molecule has 0 saturated carbocycles. The molecular formula is C17H28BNS. The number of hydrogen-bond acceptors (Lipinski definition) is 2. The van der Waals surface area contributed by atoms with E-state index < -0.39 is 0 Å². The van der Waals surface area contributed by atoms with E-state index in [1.165, 1.54) is 23.9 Å². The second-order valence-electron chi connectivity index (χ2n) is 7.75. The van der Waals surface area contributed by atoms with Crippen LogP contribution in [0.1, 0.15) is 40.2 Å². The maximum Gasteiger partial charge on any atom is 0.176 e. The summed E-state index contributed by atoms with van der Waals surface area (Å²) in [6.45, 7) is 12.4. The molecule has 0 fully saturated rings. The predicted molar refractivity (Wildman–Crippen MR) is 95.4 cm³/mol. The van der Waals surface area contributed by atoms with Gasteiger partial charge in [0.1, 0.15) is 0 Å². The summed E-state index contributed by atoms with van der Waals surface area (Å²) in [4.78, 5) is 0. The van der Waals surface area contributed by atoms with Crippen LogP contribution in [-0.2, 0) is 5.75 Å². The minimum Gasteiger partial charge on any atom is -0.319 e. The first-order valence-corrected chi connectivity index (χ1v) is 8.70. The maximum absolute atomic E-state index is 2.46. The minimum absolute atomic E-state index is 0.393. The van der Waals surface area contributed by atoms with Crippen molar-refractivity contribution in [2.75, 3.05) is 11.4 Å². The lowest BCUT2D eigenvalue weighted by atomic mass is 9.36. The molecule has 0 saturated heterocycles. The van der Waals surface area contributed by atoms with Crippen LogP contribution in [-0.4, -0.2) is 13.8 Å². The number of benzene rings is 1. The monoisotopic (exact) mass is 289 g/mol. The van der Waals surface area contributed by atoms with Crippen molar-refractivity contribution in [1.82, 2.24) is 0 Å². The van der Waals surface area contributed by atoms with E-state index in [1.54, 1.807) is 5.46 Å². The van der Waals surface area contributed by atoms with E-state index in [1.807, 2.05) is 11.9 Å². The zero-order chi connectivity index (χ0) is 14.9. The Balaban J connectivity index is 2.25. The topological polar surface area (TPSA) is 3.24 Å². The van der Waals surface area contributed by atoms with Gasteiger partial charge in [0.15, 0.2) is 6.71 Å².